The number of rotatable bonds is 0. The Morgan fingerprint density at radius 1 is 1.20 bits per heavy atom. The first-order valence-electron chi connectivity index (χ1n) is 6.12. The van der Waals surface area contributed by atoms with Gasteiger partial charge in [0.1, 0.15) is 0 Å². The van der Waals surface area contributed by atoms with E-state index in [1.807, 2.05) is 0 Å². The van der Waals surface area contributed by atoms with Crippen LogP contribution in [0.2, 0.25) is 0 Å². The molecule has 0 radical (unpaired) electrons. The summed E-state index contributed by atoms with van der Waals surface area (Å²) in [7, 11) is 0. The number of fused-ring (bicyclic) bond motifs is 3. The summed E-state index contributed by atoms with van der Waals surface area (Å²) in [6, 6.07) is 0. The Hall–Kier alpha value is -0.780. The summed E-state index contributed by atoms with van der Waals surface area (Å²) < 4.78 is 0. The largest absolute Gasteiger partial charge is 0.0658 e. The van der Waals surface area contributed by atoms with Crippen molar-refractivity contribution in [1.29, 1.82) is 0 Å². The molecular weight excluding hydrogens is 180 g/mol. The van der Waals surface area contributed by atoms with Crippen molar-refractivity contribution in [2.24, 2.45) is 17.3 Å². The maximum atomic E-state index is 2.44. The molecule has 0 bridgehead atoms. The monoisotopic (exact) mass is 200 g/mol. The Balaban J connectivity index is 2.12. The smallest absolute Gasteiger partial charge is 0.00654 e. The van der Waals surface area contributed by atoms with Crippen molar-refractivity contribution in [3.63, 3.8) is 0 Å². The highest BCUT2D eigenvalue weighted by molar-refractivity contribution is 5.59. The molecule has 0 nitrogen and oxygen atoms in total. The van der Waals surface area contributed by atoms with Gasteiger partial charge < -0.3 is 0 Å². The summed E-state index contributed by atoms with van der Waals surface area (Å²) in [5.74, 6) is 1.79. The Bertz CT molecular complexity index is 415. The Kier molecular flexibility index (Phi) is 1.68. The maximum Gasteiger partial charge on any atom is -0.00654 e. The lowest BCUT2D eigenvalue weighted by Crippen LogP contribution is -1.99. The molecule has 80 valence electrons. The summed E-state index contributed by atoms with van der Waals surface area (Å²) in [5.41, 5.74) is 6.95. The molecule has 0 N–H and O–H groups in total. The van der Waals surface area contributed by atoms with E-state index < -0.39 is 0 Å². The fourth-order valence-corrected chi connectivity index (χ4v) is 3.75. The molecule has 0 saturated heterocycles. The Labute approximate surface area is 92.8 Å². The molecule has 3 aliphatic rings. The summed E-state index contributed by atoms with van der Waals surface area (Å²) in [4.78, 5) is 0. The first-order valence-corrected chi connectivity index (χ1v) is 6.12. The van der Waals surface area contributed by atoms with E-state index in [-0.39, 0.29) is 0 Å². The molecule has 3 rings (SSSR count). The molecular formula is C15H20. The lowest BCUT2D eigenvalue weighted by molar-refractivity contribution is 0.524. The van der Waals surface area contributed by atoms with Crippen LogP contribution >= 0.6 is 0 Å². The standard InChI is InChI=1S/C15H20/c1-9-6-8-12-14(15(12,3)4)13-10(2)5-7-11(9)13/h5,7,12,14H,6,8H2,1-4H3/t12-,14+/m0/s1. The van der Waals surface area contributed by atoms with Crippen molar-refractivity contribution in [3.8, 4) is 0 Å². The normalized spacial score (nSPS) is 36.5. The second-order valence-corrected chi connectivity index (χ2v) is 6.07. The SMILES string of the molecule is CC1=C2C(=C(C)CC[C@H]3[C@H]2C3(C)C)C=C1. The number of allylic oxidation sites excluding steroid dienone is 6. The van der Waals surface area contributed by atoms with Crippen LogP contribution in [0, 0.1) is 17.3 Å². The minimum atomic E-state index is 0.564. The van der Waals surface area contributed by atoms with Crippen LogP contribution in [0.25, 0.3) is 0 Å². The Morgan fingerprint density at radius 3 is 2.67 bits per heavy atom. The minimum Gasteiger partial charge on any atom is -0.0658 e. The second kappa shape index (κ2) is 2.66. The number of hydrogen-bond acceptors (Lipinski definition) is 0. The van der Waals surface area contributed by atoms with E-state index in [9.17, 15) is 0 Å². The topological polar surface area (TPSA) is 0 Å². The third-order valence-electron chi connectivity index (χ3n) is 4.87. The fraction of sp³-hybridized carbons (Fsp3) is 0.600. The van der Waals surface area contributed by atoms with Gasteiger partial charge in [0.15, 0.2) is 0 Å². The zero-order valence-electron chi connectivity index (χ0n) is 10.2. The van der Waals surface area contributed by atoms with Gasteiger partial charge in [-0.3, -0.25) is 0 Å². The molecule has 0 aromatic rings. The average molecular weight is 200 g/mol. The zero-order valence-corrected chi connectivity index (χ0v) is 10.2. The lowest BCUT2D eigenvalue weighted by Gasteiger charge is -2.12. The highest BCUT2D eigenvalue weighted by atomic mass is 14.6. The average Bonchev–Trinajstić information content (AvgIpc) is 2.55. The van der Waals surface area contributed by atoms with Crippen LogP contribution in [-0.4, -0.2) is 0 Å². The van der Waals surface area contributed by atoms with Gasteiger partial charge in [-0.1, -0.05) is 31.6 Å². The Morgan fingerprint density at radius 2 is 1.93 bits per heavy atom. The van der Waals surface area contributed by atoms with Crippen molar-refractivity contribution in [2.75, 3.05) is 0 Å². The van der Waals surface area contributed by atoms with Gasteiger partial charge in [0, 0.05) is 0 Å². The van der Waals surface area contributed by atoms with E-state index in [4.69, 9.17) is 0 Å². The van der Waals surface area contributed by atoms with Crippen LogP contribution in [0.3, 0.4) is 0 Å². The van der Waals surface area contributed by atoms with E-state index in [2.05, 4.69) is 39.8 Å². The van der Waals surface area contributed by atoms with E-state index in [1.54, 1.807) is 16.7 Å². The van der Waals surface area contributed by atoms with Crippen molar-refractivity contribution in [2.45, 2.75) is 40.5 Å². The van der Waals surface area contributed by atoms with Gasteiger partial charge in [-0.25, -0.2) is 0 Å². The van der Waals surface area contributed by atoms with Crippen LogP contribution in [0.15, 0.2) is 34.4 Å². The van der Waals surface area contributed by atoms with Crippen LogP contribution in [-0.2, 0) is 0 Å². The van der Waals surface area contributed by atoms with Crippen LogP contribution < -0.4 is 0 Å². The van der Waals surface area contributed by atoms with Crippen LogP contribution in [0.4, 0.5) is 0 Å². The summed E-state index contributed by atoms with van der Waals surface area (Å²) >= 11 is 0. The third kappa shape index (κ3) is 1.08. The van der Waals surface area contributed by atoms with Gasteiger partial charge in [-0.15, -0.1) is 0 Å². The zero-order chi connectivity index (χ0) is 10.8. The highest BCUT2D eigenvalue weighted by Crippen LogP contribution is 2.67. The first kappa shape index (κ1) is 9.45. The molecule has 0 amide bonds. The maximum absolute atomic E-state index is 2.44. The van der Waals surface area contributed by atoms with E-state index in [0.717, 1.165) is 11.8 Å². The predicted molar refractivity (Wildman–Crippen MR) is 64.5 cm³/mol. The van der Waals surface area contributed by atoms with Crippen molar-refractivity contribution in [3.05, 3.63) is 34.4 Å². The minimum absolute atomic E-state index is 0.564. The van der Waals surface area contributed by atoms with Crippen molar-refractivity contribution < 1.29 is 0 Å². The molecule has 0 aliphatic heterocycles. The third-order valence-corrected chi connectivity index (χ3v) is 4.87. The molecule has 0 heteroatoms. The quantitative estimate of drug-likeness (QED) is 0.548. The molecule has 0 unspecified atom stereocenters. The van der Waals surface area contributed by atoms with Gasteiger partial charge in [0.05, 0.1) is 0 Å². The molecule has 15 heavy (non-hydrogen) atoms. The molecule has 0 spiro atoms. The van der Waals surface area contributed by atoms with Gasteiger partial charge in [-0.05, 0) is 60.7 Å². The van der Waals surface area contributed by atoms with Crippen molar-refractivity contribution >= 4 is 0 Å². The van der Waals surface area contributed by atoms with Gasteiger partial charge in [0.25, 0.3) is 0 Å². The second-order valence-electron chi connectivity index (χ2n) is 6.07. The first-order chi connectivity index (χ1) is 7.03. The van der Waals surface area contributed by atoms with E-state index in [0.29, 0.717) is 5.41 Å². The lowest BCUT2D eigenvalue weighted by atomic mass is 9.93. The molecule has 1 fully saturated rings. The van der Waals surface area contributed by atoms with Gasteiger partial charge in [-0.2, -0.15) is 0 Å². The van der Waals surface area contributed by atoms with E-state index >= 15 is 0 Å². The van der Waals surface area contributed by atoms with Crippen LogP contribution in [0.1, 0.15) is 40.5 Å². The highest BCUT2D eigenvalue weighted by Gasteiger charge is 2.60. The molecule has 3 aliphatic carbocycles. The van der Waals surface area contributed by atoms with Gasteiger partial charge in [0.2, 0.25) is 0 Å². The summed E-state index contributed by atoms with van der Waals surface area (Å²) in [6.45, 7) is 9.48. The molecule has 1 saturated carbocycles. The van der Waals surface area contributed by atoms with Gasteiger partial charge >= 0.3 is 0 Å². The van der Waals surface area contributed by atoms with E-state index in [1.165, 1.54) is 18.4 Å². The predicted octanol–water partition coefficient (Wildman–Crippen LogP) is 4.26. The summed E-state index contributed by atoms with van der Waals surface area (Å²) in [5, 5.41) is 0. The summed E-state index contributed by atoms with van der Waals surface area (Å²) in [6.07, 6.45) is 7.36. The van der Waals surface area contributed by atoms with Crippen molar-refractivity contribution in [1.82, 2.24) is 0 Å². The number of hydrogen-bond donors (Lipinski definition) is 0. The molecule has 2 atom stereocenters. The molecule has 0 aromatic heterocycles. The molecule has 0 aromatic carbocycles. The fourth-order valence-electron chi connectivity index (χ4n) is 3.75. The molecule has 0 heterocycles. The van der Waals surface area contributed by atoms with Crippen LogP contribution in [0.5, 0.6) is 0 Å².